The van der Waals surface area contributed by atoms with Crippen LogP contribution in [0, 0.1) is 5.92 Å². The summed E-state index contributed by atoms with van der Waals surface area (Å²) in [6, 6.07) is 11.7. The zero-order valence-electron chi connectivity index (χ0n) is 15.9. The molecule has 4 rings (SSSR count). The van der Waals surface area contributed by atoms with E-state index in [2.05, 4.69) is 5.32 Å². The van der Waals surface area contributed by atoms with E-state index < -0.39 is 0 Å². The highest BCUT2D eigenvalue weighted by Gasteiger charge is 2.25. The Morgan fingerprint density at radius 3 is 2.68 bits per heavy atom. The first-order valence-corrected chi connectivity index (χ1v) is 10.9. The lowest BCUT2D eigenvalue weighted by molar-refractivity contribution is -0.132. The van der Waals surface area contributed by atoms with Gasteiger partial charge in [0.15, 0.2) is 0 Å². The smallest absolute Gasteiger partial charge is 0.251 e. The molecule has 6 heteroatoms. The molecule has 1 aromatic carbocycles. The van der Waals surface area contributed by atoms with Crippen molar-refractivity contribution in [3.8, 4) is 5.75 Å². The summed E-state index contributed by atoms with van der Waals surface area (Å²) in [5.41, 5.74) is 0.669. The fourth-order valence-electron chi connectivity index (χ4n) is 3.51. The number of hydrogen-bond acceptors (Lipinski definition) is 4. The third kappa shape index (κ3) is 5.13. The van der Waals surface area contributed by atoms with Crippen molar-refractivity contribution in [3.63, 3.8) is 0 Å². The number of nitrogens with one attached hydrogen (secondary N) is 1. The van der Waals surface area contributed by atoms with Crippen LogP contribution < -0.4 is 10.1 Å². The number of carbonyl (C=O) groups is 2. The zero-order valence-corrected chi connectivity index (χ0v) is 16.7. The van der Waals surface area contributed by atoms with E-state index in [4.69, 9.17) is 4.74 Å². The first kappa shape index (κ1) is 19.0. The first-order valence-electron chi connectivity index (χ1n) is 10.0. The molecule has 0 bridgehead atoms. The Morgan fingerprint density at radius 1 is 1.14 bits per heavy atom. The molecule has 0 spiro atoms. The van der Waals surface area contributed by atoms with Crippen LogP contribution in [0.15, 0.2) is 41.8 Å². The summed E-state index contributed by atoms with van der Waals surface area (Å²) in [5.74, 6) is 1.31. The minimum atomic E-state index is -0.0128. The van der Waals surface area contributed by atoms with Gasteiger partial charge in [-0.1, -0.05) is 6.07 Å². The van der Waals surface area contributed by atoms with E-state index in [0.29, 0.717) is 30.6 Å². The molecule has 28 heavy (non-hydrogen) atoms. The van der Waals surface area contributed by atoms with E-state index in [1.54, 1.807) is 11.3 Å². The van der Waals surface area contributed by atoms with Gasteiger partial charge in [0.2, 0.25) is 5.91 Å². The largest absolute Gasteiger partial charge is 0.493 e. The zero-order chi connectivity index (χ0) is 19.3. The molecule has 2 aliphatic rings. The number of thiophene rings is 1. The van der Waals surface area contributed by atoms with Crippen molar-refractivity contribution >= 4 is 23.2 Å². The number of carbonyl (C=O) groups excluding carboxylic acids is 2. The van der Waals surface area contributed by atoms with E-state index in [9.17, 15) is 9.59 Å². The molecule has 2 heterocycles. The molecule has 2 fully saturated rings. The molecule has 1 unspecified atom stereocenters. The van der Waals surface area contributed by atoms with Crippen molar-refractivity contribution in [3.05, 3.63) is 52.2 Å². The van der Waals surface area contributed by atoms with Gasteiger partial charge in [0.1, 0.15) is 5.75 Å². The number of hydrogen-bond donors (Lipinski definition) is 1. The number of amides is 2. The maximum Gasteiger partial charge on any atom is 0.251 e. The second-order valence-electron chi connectivity index (χ2n) is 7.69. The number of rotatable bonds is 7. The lowest BCUT2D eigenvalue weighted by Gasteiger charge is -2.32. The topological polar surface area (TPSA) is 58.6 Å². The summed E-state index contributed by atoms with van der Waals surface area (Å²) in [4.78, 5) is 27.7. The van der Waals surface area contributed by atoms with Crippen molar-refractivity contribution in [2.24, 2.45) is 5.92 Å². The van der Waals surface area contributed by atoms with Crippen LogP contribution in [0.5, 0.6) is 5.75 Å². The summed E-state index contributed by atoms with van der Waals surface area (Å²) in [5, 5.41) is 5.00. The van der Waals surface area contributed by atoms with Gasteiger partial charge in [0.25, 0.3) is 5.91 Å². The fourth-order valence-corrected chi connectivity index (χ4v) is 4.21. The number of nitrogens with zero attached hydrogens (tertiary/aromatic N) is 1. The van der Waals surface area contributed by atoms with Crippen molar-refractivity contribution < 1.29 is 14.3 Å². The van der Waals surface area contributed by atoms with E-state index in [1.165, 1.54) is 0 Å². The SMILES string of the molecule is O=C(NC1CC1)c1ccc(OCC2CCCN(C(=O)Cc3cccs3)C2)cc1. The molecule has 148 valence electrons. The number of ether oxygens (including phenoxy) is 1. The Balaban J connectivity index is 1.24. The highest BCUT2D eigenvalue weighted by atomic mass is 32.1. The monoisotopic (exact) mass is 398 g/mol. The highest BCUT2D eigenvalue weighted by Crippen LogP contribution is 2.22. The second kappa shape index (κ2) is 8.78. The van der Waals surface area contributed by atoms with E-state index in [-0.39, 0.29) is 11.8 Å². The fraction of sp³-hybridized carbons (Fsp3) is 0.455. The quantitative estimate of drug-likeness (QED) is 0.777. The van der Waals surface area contributed by atoms with Gasteiger partial charge in [-0.05, 0) is 61.4 Å². The van der Waals surface area contributed by atoms with Crippen LogP contribution in [0.25, 0.3) is 0 Å². The molecule has 1 atom stereocenters. The van der Waals surface area contributed by atoms with Crippen LogP contribution in [-0.4, -0.2) is 42.5 Å². The summed E-state index contributed by atoms with van der Waals surface area (Å²) in [7, 11) is 0. The average molecular weight is 399 g/mol. The Labute approximate surface area is 169 Å². The van der Waals surface area contributed by atoms with Gasteiger partial charge < -0.3 is 15.0 Å². The molecule has 5 nitrogen and oxygen atoms in total. The Kier molecular flexibility index (Phi) is 5.95. The molecule has 1 aliphatic carbocycles. The van der Waals surface area contributed by atoms with Crippen LogP contribution in [0.4, 0.5) is 0 Å². The summed E-state index contributed by atoms with van der Waals surface area (Å²) in [6.07, 6.45) is 4.76. The minimum Gasteiger partial charge on any atom is -0.493 e. The van der Waals surface area contributed by atoms with Crippen LogP contribution in [0.3, 0.4) is 0 Å². The molecular formula is C22H26N2O3S. The van der Waals surface area contributed by atoms with Gasteiger partial charge in [-0.2, -0.15) is 0 Å². The third-order valence-corrected chi connectivity index (χ3v) is 6.17. The van der Waals surface area contributed by atoms with E-state index in [0.717, 1.165) is 49.4 Å². The molecule has 1 saturated carbocycles. The van der Waals surface area contributed by atoms with Crippen molar-refractivity contribution in [2.45, 2.75) is 38.1 Å². The predicted molar refractivity (Wildman–Crippen MR) is 110 cm³/mol. The molecule has 0 radical (unpaired) electrons. The minimum absolute atomic E-state index is 0.0128. The molecular weight excluding hydrogens is 372 g/mol. The number of likely N-dealkylation sites (tertiary alicyclic amines) is 1. The number of piperidine rings is 1. The number of benzene rings is 1. The van der Waals surface area contributed by atoms with Crippen molar-refractivity contribution in [1.29, 1.82) is 0 Å². The summed E-state index contributed by atoms with van der Waals surface area (Å²) >= 11 is 1.63. The summed E-state index contributed by atoms with van der Waals surface area (Å²) in [6.45, 7) is 2.19. The maximum absolute atomic E-state index is 12.5. The average Bonchev–Trinajstić information content (AvgIpc) is 3.39. The molecule has 2 aromatic rings. The predicted octanol–water partition coefficient (Wildman–Crippen LogP) is 3.50. The third-order valence-electron chi connectivity index (χ3n) is 5.29. The van der Waals surface area contributed by atoms with Gasteiger partial charge in [-0.3, -0.25) is 9.59 Å². The highest BCUT2D eigenvalue weighted by molar-refractivity contribution is 7.10. The Hall–Kier alpha value is -2.34. The van der Waals surface area contributed by atoms with Gasteiger partial charge in [-0.25, -0.2) is 0 Å². The van der Waals surface area contributed by atoms with Crippen LogP contribution in [0.1, 0.15) is 40.9 Å². The van der Waals surface area contributed by atoms with Gasteiger partial charge >= 0.3 is 0 Å². The second-order valence-corrected chi connectivity index (χ2v) is 8.72. The van der Waals surface area contributed by atoms with E-state index >= 15 is 0 Å². The lowest BCUT2D eigenvalue weighted by Crippen LogP contribution is -2.42. The van der Waals surface area contributed by atoms with Crippen molar-refractivity contribution in [2.75, 3.05) is 19.7 Å². The Morgan fingerprint density at radius 2 is 1.96 bits per heavy atom. The first-order chi connectivity index (χ1) is 13.7. The van der Waals surface area contributed by atoms with Gasteiger partial charge in [0.05, 0.1) is 13.0 Å². The van der Waals surface area contributed by atoms with E-state index in [1.807, 2.05) is 46.7 Å². The maximum atomic E-state index is 12.5. The normalized spacial score (nSPS) is 19.3. The lowest BCUT2D eigenvalue weighted by atomic mass is 9.98. The standard InChI is InChI=1S/C22H26N2O3S/c25-21(13-20-4-2-12-28-20)24-11-1-3-16(14-24)15-27-19-9-5-17(6-10-19)22(26)23-18-7-8-18/h2,4-6,9-10,12,16,18H,1,3,7-8,11,13-15H2,(H,23,26). The van der Waals surface area contributed by atoms with Crippen LogP contribution in [-0.2, 0) is 11.2 Å². The molecule has 1 saturated heterocycles. The summed E-state index contributed by atoms with van der Waals surface area (Å²) < 4.78 is 5.94. The molecule has 1 aliphatic heterocycles. The molecule has 2 amide bonds. The Bertz CT molecular complexity index is 800. The van der Waals surface area contributed by atoms with Crippen LogP contribution in [0.2, 0.25) is 0 Å². The van der Waals surface area contributed by atoms with Crippen LogP contribution >= 0.6 is 11.3 Å². The van der Waals surface area contributed by atoms with Gasteiger partial charge in [0, 0.05) is 35.5 Å². The van der Waals surface area contributed by atoms with Crippen molar-refractivity contribution in [1.82, 2.24) is 10.2 Å². The molecule has 1 aromatic heterocycles. The molecule has 1 N–H and O–H groups in total. The van der Waals surface area contributed by atoms with Gasteiger partial charge in [-0.15, -0.1) is 11.3 Å².